The van der Waals surface area contributed by atoms with Crippen molar-refractivity contribution in [1.82, 2.24) is 4.98 Å². The zero-order chi connectivity index (χ0) is 9.97. The first-order valence-corrected chi connectivity index (χ1v) is 5.27. The van der Waals surface area contributed by atoms with Crippen LogP contribution in [0.1, 0.15) is 0 Å². The average Bonchev–Trinajstić information content (AvgIpc) is 2.64. The number of nitrogens with one attached hydrogen (secondary N) is 1. The van der Waals surface area contributed by atoms with E-state index in [4.69, 9.17) is 18.0 Å². The van der Waals surface area contributed by atoms with Crippen molar-refractivity contribution in [3.63, 3.8) is 0 Å². The molecular formula is C10H7ClN2S. The minimum absolute atomic E-state index is 0.455. The van der Waals surface area contributed by atoms with Gasteiger partial charge in [-0.1, -0.05) is 17.5 Å². The summed E-state index contributed by atoms with van der Waals surface area (Å²) in [5.74, 6) is 2.51. The standard InChI is InChI=1S/C10H7ClN2S/c1-2-5-12-9-7(11)3-4-8-10(9)13-6-14-8/h1,3-4,6,12H,5H2. The molecular weight excluding hydrogens is 216 g/mol. The number of hydrogen-bond donors (Lipinski definition) is 1. The summed E-state index contributed by atoms with van der Waals surface area (Å²) in [4.78, 5) is 4.24. The molecule has 0 aliphatic rings. The van der Waals surface area contributed by atoms with Gasteiger partial charge in [0.05, 0.1) is 27.5 Å². The van der Waals surface area contributed by atoms with Gasteiger partial charge in [0.2, 0.25) is 0 Å². The highest BCUT2D eigenvalue weighted by molar-refractivity contribution is 7.16. The second kappa shape index (κ2) is 3.87. The zero-order valence-corrected chi connectivity index (χ0v) is 8.82. The molecule has 1 heterocycles. The molecule has 0 aliphatic heterocycles. The predicted octanol–water partition coefficient (Wildman–Crippen LogP) is 2.99. The smallest absolute Gasteiger partial charge is 0.106 e. The predicted molar refractivity (Wildman–Crippen MR) is 62.0 cm³/mol. The Balaban J connectivity index is 2.54. The molecule has 1 aromatic carbocycles. The Kier molecular flexibility index (Phi) is 2.58. The molecule has 4 heteroatoms. The third-order valence-electron chi connectivity index (χ3n) is 1.82. The molecule has 0 saturated heterocycles. The quantitative estimate of drug-likeness (QED) is 0.791. The Hall–Kier alpha value is -1.24. The maximum absolute atomic E-state index is 6.03. The molecule has 0 bridgehead atoms. The molecule has 0 radical (unpaired) electrons. The van der Waals surface area contributed by atoms with Crippen molar-refractivity contribution >= 4 is 38.8 Å². The van der Waals surface area contributed by atoms with Crippen molar-refractivity contribution < 1.29 is 0 Å². The van der Waals surface area contributed by atoms with E-state index in [1.54, 1.807) is 16.8 Å². The summed E-state index contributed by atoms with van der Waals surface area (Å²) in [6.45, 7) is 0.455. The van der Waals surface area contributed by atoms with E-state index in [0.717, 1.165) is 15.9 Å². The number of aromatic nitrogens is 1. The van der Waals surface area contributed by atoms with E-state index in [0.29, 0.717) is 11.6 Å². The number of rotatable bonds is 2. The molecule has 0 saturated carbocycles. The Morgan fingerprint density at radius 3 is 3.21 bits per heavy atom. The third kappa shape index (κ3) is 1.54. The summed E-state index contributed by atoms with van der Waals surface area (Å²) in [7, 11) is 0. The first-order chi connectivity index (χ1) is 6.83. The lowest BCUT2D eigenvalue weighted by Gasteiger charge is -2.05. The van der Waals surface area contributed by atoms with Crippen LogP contribution in [0.3, 0.4) is 0 Å². The Morgan fingerprint density at radius 2 is 2.43 bits per heavy atom. The van der Waals surface area contributed by atoms with E-state index in [9.17, 15) is 0 Å². The van der Waals surface area contributed by atoms with Crippen molar-refractivity contribution in [2.75, 3.05) is 11.9 Å². The Bertz CT molecular complexity index is 498. The fourth-order valence-corrected chi connectivity index (χ4v) is 2.12. The summed E-state index contributed by atoms with van der Waals surface area (Å²) in [5, 5.41) is 3.72. The molecule has 0 atom stereocenters. The highest BCUT2D eigenvalue weighted by Gasteiger charge is 2.06. The van der Waals surface area contributed by atoms with Crippen molar-refractivity contribution in [2.45, 2.75) is 0 Å². The summed E-state index contributed by atoms with van der Waals surface area (Å²) in [6, 6.07) is 3.80. The minimum Gasteiger partial charge on any atom is -0.371 e. The van der Waals surface area contributed by atoms with Gasteiger partial charge in [0.15, 0.2) is 0 Å². The fraction of sp³-hybridized carbons (Fsp3) is 0.100. The number of fused-ring (bicyclic) bond motifs is 1. The second-order valence-corrected chi connectivity index (χ2v) is 3.97. The molecule has 2 nitrogen and oxygen atoms in total. The maximum atomic E-state index is 6.03. The van der Waals surface area contributed by atoms with Crippen LogP contribution in [0.15, 0.2) is 17.6 Å². The number of hydrogen-bond acceptors (Lipinski definition) is 3. The molecule has 0 amide bonds. The van der Waals surface area contributed by atoms with Crippen LogP contribution in [-0.4, -0.2) is 11.5 Å². The average molecular weight is 223 g/mol. The van der Waals surface area contributed by atoms with Gasteiger partial charge >= 0.3 is 0 Å². The lowest BCUT2D eigenvalue weighted by atomic mass is 10.3. The SMILES string of the molecule is C#CCNc1c(Cl)ccc2scnc12. The second-order valence-electron chi connectivity index (χ2n) is 2.68. The molecule has 14 heavy (non-hydrogen) atoms. The number of benzene rings is 1. The largest absolute Gasteiger partial charge is 0.371 e. The highest BCUT2D eigenvalue weighted by Crippen LogP contribution is 2.31. The Morgan fingerprint density at radius 1 is 1.57 bits per heavy atom. The van der Waals surface area contributed by atoms with Gasteiger partial charge in [-0.25, -0.2) is 4.98 Å². The first kappa shape index (κ1) is 9.32. The lowest BCUT2D eigenvalue weighted by molar-refractivity contribution is 1.38. The van der Waals surface area contributed by atoms with Gasteiger partial charge in [-0.05, 0) is 12.1 Å². The first-order valence-electron chi connectivity index (χ1n) is 4.02. The summed E-state index contributed by atoms with van der Waals surface area (Å²) in [5.41, 5.74) is 3.50. The summed E-state index contributed by atoms with van der Waals surface area (Å²) >= 11 is 7.61. The van der Waals surface area contributed by atoms with Crippen LogP contribution in [0, 0.1) is 12.3 Å². The summed E-state index contributed by atoms with van der Waals surface area (Å²) < 4.78 is 1.11. The molecule has 70 valence electrons. The Labute approximate surface area is 90.9 Å². The van der Waals surface area contributed by atoms with E-state index < -0.39 is 0 Å². The molecule has 0 aliphatic carbocycles. The maximum Gasteiger partial charge on any atom is 0.106 e. The number of nitrogens with zero attached hydrogens (tertiary/aromatic N) is 1. The molecule has 2 rings (SSSR count). The molecule has 0 unspecified atom stereocenters. The van der Waals surface area contributed by atoms with Crippen LogP contribution in [0.25, 0.3) is 10.2 Å². The van der Waals surface area contributed by atoms with Crippen molar-refractivity contribution in [3.8, 4) is 12.3 Å². The fourth-order valence-electron chi connectivity index (χ4n) is 1.21. The number of thiazole rings is 1. The third-order valence-corrected chi connectivity index (χ3v) is 2.93. The summed E-state index contributed by atoms with van der Waals surface area (Å²) in [6.07, 6.45) is 5.17. The molecule has 2 aromatic rings. The minimum atomic E-state index is 0.455. The van der Waals surface area contributed by atoms with Gasteiger partial charge in [-0.3, -0.25) is 0 Å². The van der Waals surface area contributed by atoms with Crippen LogP contribution in [0.5, 0.6) is 0 Å². The van der Waals surface area contributed by atoms with Crippen molar-refractivity contribution in [1.29, 1.82) is 0 Å². The van der Waals surface area contributed by atoms with E-state index in [2.05, 4.69) is 16.2 Å². The lowest BCUT2D eigenvalue weighted by Crippen LogP contribution is -1.99. The number of halogens is 1. The van der Waals surface area contributed by atoms with Crippen LogP contribution in [0.2, 0.25) is 5.02 Å². The monoisotopic (exact) mass is 222 g/mol. The molecule has 0 spiro atoms. The normalized spacial score (nSPS) is 10.0. The number of terminal acetylenes is 1. The van der Waals surface area contributed by atoms with Gasteiger partial charge in [-0.15, -0.1) is 17.8 Å². The molecule has 0 fully saturated rings. The van der Waals surface area contributed by atoms with Gasteiger partial charge in [0, 0.05) is 0 Å². The molecule has 1 N–H and O–H groups in total. The highest BCUT2D eigenvalue weighted by atomic mass is 35.5. The molecule has 1 aromatic heterocycles. The van der Waals surface area contributed by atoms with Gasteiger partial charge < -0.3 is 5.32 Å². The van der Waals surface area contributed by atoms with Crippen LogP contribution < -0.4 is 5.32 Å². The van der Waals surface area contributed by atoms with Crippen molar-refractivity contribution in [3.05, 3.63) is 22.7 Å². The van der Waals surface area contributed by atoms with E-state index in [-0.39, 0.29) is 0 Å². The van der Waals surface area contributed by atoms with Crippen LogP contribution in [-0.2, 0) is 0 Å². The zero-order valence-electron chi connectivity index (χ0n) is 7.25. The van der Waals surface area contributed by atoms with E-state index >= 15 is 0 Å². The van der Waals surface area contributed by atoms with E-state index in [1.807, 2.05) is 12.1 Å². The van der Waals surface area contributed by atoms with Crippen LogP contribution >= 0.6 is 22.9 Å². The van der Waals surface area contributed by atoms with Crippen LogP contribution in [0.4, 0.5) is 5.69 Å². The topological polar surface area (TPSA) is 24.9 Å². The van der Waals surface area contributed by atoms with Gasteiger partial charge in [0.1, 0.15) is 5.52 Å². The van der Waals surface area contributed by atoms with Gasteiger partial charge in [0.25, 0.3) is 0 Å². The van der Waals surface area contributed by atoms with Gasteiger partial charge in [-0.2, -0.15) is 0 Å². The van der Waals surface area contributed by atoms with Crippen molar-refractivity contribution in [2.24, 2.45) is 0 Å². The van der Waals surface area contributed by atoms with E-state index in [1.165, 1.54) is 0 Å². The number of anilines is 1.